The van der Waals surface area contributed by atoms with Crippen LogP contribution in [0.3, 0.4) is 0 Å². The Bertz CT molecular complexity index is 1590. The van der Waals surface area contributed by atoms with Crippen LogP contribution in [0.1, 0.15) is 168 Å². The molecule has 0 aliphatic rings. The number of ether oxygens (including phenoxy) is 4. The second-order valence-electron chi connectivity index (χ2n) is 18.0. The lowest BCUT2D eigenvalue weighted by molar-refractivity contribution is -0.870. The van der Waals surface area contributed by atoms with E-state index in [9.17, 15) is 19.5 Å². The highest BCUT2D eigenvalue weighted by Crippen LogP contribution is 2.13. The number of carboxylic acids is 1. The molecule has 2 unspecified atom stereocenters. The first-order valence-electron chi connectivity index (χ1n) is 26.3. The fraction of sp³-hybridized carbons (Fsp3) is 0.583. The molecule has 0 bridgehead atoms. The zero-order chi connectivity index (χ0) is 50.6. The molecule has 388 valence electrons. The fourth-order valence-electron chi connectivity index (χ4n) is 6.40. The van der Waals surface area contributed by atoms with Gasteiger partial charge in [-0.2, -0.15) is 0 Å². The lowest BCUT2D eigenvalue weighted by atomic mass is 10.1. The van der Waals surface area contributed by atoms with Crippen molar-refractivity contribution >= 4 is 17.9 Å². The first-order valence-corrected chi connectivity index (χ1v) is 26.3. The molecule has 0 aromatic carbocycles. The summed E-state index contributed by atoms with van der Waals surface area (Å²) in [5.74, 6) is -2.39. The smallest absolute Gasteiger partial charge is 0.306 e. The molecule has 69 heavy (non-hydrogen) atoms. The van der Waals surface area contributed by atoms with Gasteiger partial charge in [0, 0.05) is 12.8 Å². The van der Waals surface area contributed by atoms with E-state index in [-0.39, 0.29) is 32.7 Å². The second-order valence-corrected chi connectivity index (χ2v) is 18.0. The monoisotopic (exact) mass is 958 g/mol. The molecule has 9 heteroatoms. The maximum absolute atomic E-state index is 12.8. The van der Waals surface area contributed by atoms with Gasteiger partial charge in [0.15, 0.2) is 12.4 Å². The maximum Gasteiger partial charge on any atom is 0.306 e. The molecular weight excluding hydrogens is 863 g/mol. The molecule has 0 amide bonds. The molecule has 0 heterocycles. The van der Waals surface area contributed by atoms with E-state index in [0.717, 1.165) is 103 Å². The van der Waals surface area contributed by atoms with Crippen LogP contribution in [-0.2, 0) is 33.3 Å². The van der Waals surface area contributed by atoms with Crippen LogP contribution in [-0.4, -0.2) is 82.3 Å². The van der Waals surface area contributed by atoms with E-state index in [0.29, 0.717) is 23.9 Å². The van der Waals surface area contributed by atoms with Gasteiger partial charge in [0.25, 0.3) is 0 Å². The SMILES string of the molecule is CC/C=C\C/C=C\C/C=C\C/C=C\C/C=C\C/C=C\CCCCCCCCCCC(=O)OC(COC(=O)CCC/C=C\C/C=C\C/C=C\C/C=C\C/C=C\CC)COC(OCC[N+](C)(C)C)C(=O)[O-]. The van der Waals surface area contributed by atoms with Crippen LogP contribution < -0.4 is 5.11 Å². The van der Waals surface area contributed by atoms with Gasteiger partial charge in [0.05, 0.1) is 40.3 Å². The highest BCUT2D eigenvalue weighted by atomic mass is 16.7. The van der Waals surface area contributed by atoms with Crippen molar-refractivity contribution in [2.24, 2.45) is 0 Å². The number of hydrogen-bond donors (Lipinski definition) is 0. The molecule has 0 aromatic rings. The third-order valence-electron chi connectivity index (χ3n) is 10.4. The summed E-state index contributed by atoms with van der Waals surface area (Å²) >= 11 is 0. The quantitative estimate of drug-likeness (QED) is 0.0195. The van der Waals surface area contributed by atoms with Crippen LogP contribution in [0.4, 0.5) is 0 Å². The zero-order valence-corrected chi connectivity index (χ0v) is 43.9. The van der Waals surface area contributed by atoms with Gasteiger partial charge < -0.3 is 33.3 Å². The summed E-state index contributed by atoms with van der Waals surface area (Å²) in [6, 6.07) is 0. The van der Waals surface area contributed by atoms with E-state index < -0.39 is 30.3 Å². The average molecular weight is 958 g/mol. The van der Waals surface area contributed by atoms with E-state index in [1.54, 1.807) is 0 Å². The van der Waals surface area contributed by atoms with Crippen LogP contribution in [0.15, 0.2) is 134 Å². The molecule has 0 saturated heterocycles. The number of aliphatic carboxylic acids is 1. The minimum atomic E-state index is -1.64. The van der Waals surface area contributed by atoms with Gasteiger partial charge in [-0.1, -0.05) is 186 Å². The average Bonchev–Trinajstić information content (AvgIpc) is 3.31. The predicted octanol–water partition coefficient (Wildman–Crippen LogP) is 13.8. The summed E-state index contributed by atoms with van der Waals surface area (Å²) in [7, 11) is 5.88. The predicted molar refractivity (Wildman–Crippen MR) is 287 cm³/mol. The van der Waals surface area contributed by atoms with Crippen LogP contribution in [0.5, 0.6) is 0 Å². The molecule has 0 aromatic heterocycles. The second kappa shape index (κ2) is 49.8. The van der Waals surface area contributed by atoms with Crippen molar-refractivity contribution in [3.8, 4) is 0 Å². The van der Waals surface area contributed by atoms with E-state index in [2.05, 4.69) is 148 Å². The van der Waals surface area contributed by atoms with Crippen LogP contribution in [0.25, 0.3) is 0 Å². The molecule has 0 aliphatic heterocycles. The van der Waals surface area contributed by atoms with Crippen molar-refractivity contribution < 1.29 is 42.9 Å². The lowest BCUT2D eigenvalue weighted by Gasteiger charge is -2.26. The van der Waals surface area contributed by atoms with Crippen molar-refractivity contribution in [2.75, 3.05) is 47.5 Å². The Kier molecular flexibility index (Phi) is 46.5. The summed E-state index contributed by atoms with van der Waals surface area (Å²) in [5, 5.41) is 11.7. The zero-order valence-electron chi connectivity index (χ0n) is 43.9. The lowest BCUT2D eigenvalue weighted by Crippen LogP contribution is -2.44. The highest BCUT2D eigenvalue weighted by molar-refractivity contribution is 5.70. The first-order chi connectivity index (χ1) is 33.6. The molecule has 0 spiro atoms. The van der Waals surface area contributed by atoms with E-state index in [1.165, 1.54) is 25.7 Å². The van der Waals surface area contributed by atoms with Gasteiger partial charge in [0.1, 0.15) is 13.2 Å². The third kappa shape index (κ3) is 51.1. The number of nitrogens with zero attached hydrogens (tertiary/aromatic N) is 1. The molecule has 0 rings (SSSR count). The number of rotatable bonds is 46. The molecule has 0 fully saturated rings. The molecule has 0 radical (unpaired) electrons. The van der Waals surface area contributed by atoms with Crippen LogP contribution in [0, 0.1) is 0 Å². The van der Waals surface area contributed by atoms with Crippen molar-refractivity contribution in [1.82, 2.24) is 0 Å². The van der Waals surface area contributed by atoms with Gasteiger partial charge in [0.2, 0.25) is 0 Å². The Morgan fingerprint density at radius 1 is 0.435 bits per heavy atom. The molecule has 2 atom stereocenters. The Morgan fingerprint density at radius 3 is 1.20 bits per heavy atom. The Labute approximate surface area is 420 Å². The van der Waals surface area contributed by atoms with Crippen molar-refractivity contribution in [1.29, 1.82) is 0 Å². The van der Waals surface area contributed by atoms with Crippen LogP contribution >= 0.6 is 0 Å². The normalized spacial score (nSPS) is 13.9. The van der Waals surface area contributed by atoms with Gasteiger partial charge in [-0.25, -0.2) is 0 Å². The minimum absolute atomic E-state index is 0.129. The van der Waals surface area contributed by atoms with Crippen molar-refractivity contribution in [3.05, 3.63) is 134 Å². The molecule has 0 N–H and O–H groups in total. The highest BCUT2D eigenvalue weighted by Gasteiger charge is 2.21. The van der Waals surface area contributed by atoms with Crippen molar-refractivity contribution in [2.45, 2.75) is 180 Å². The van der Waals surface area contributed by atoms with Gasteiger partial charge in [-0.15, -0.1) is 0 Å². The van der Waals surface area contributed by atoms with Gasteiger partial charge in [-0.05, 0) is 103 Å². The Morgan fingerprint density at radius 2 is 0.797 bits per heavy atom. The summed E-state index contributed by atoms with van der Waals surface area (Å²) in [4.78, 5) is 37.2. The number of quaternary nitrogens is 1. The fourth-order valence-corrected chi connectivity index (χ4v) is 6.40. The van der Waals surface area contributed by atoms with Gasteiger partial charge >= 0.3 is 11.9 Å². The number of hydrogen-bond acceptors (Lipinski definition) is 8. The third-order valence-corrected chi connectivity index (χ3v) is 10.4. The number of carboxylic acid groups (broad SMARTS) is 1. The van der Waals surface area contributed by atoms with Crippen LogP contribution in [0.2, 0.25) is 0 Å². The first kappa shape index (κ1) is 64.4. The summed E-state index contributed by atoms with van der Waals surface area (Å²) in [6.45, 7) is 4.41. The van der Waals surface area contributed by atoms with E-state index >= 15 is 0 Å². The molecular formula is C60H95NO8. The standard InChI is InChI=1S/C60H95NO8/c1-6-8-10-12-14-16-18-20-22-24-25-26-27-28-29-30-31-32-33-35-37-39-41-43-45-47-49-51-58(63)69-56(55-68-60(59(64)65)66-53-52-61(3,4)5)54-67-57(62)50-48-46-44-42-40-38-36-34-23-21-19-17-15-13-11-9-7-2/h8-11,14-17,20-23,25-26,28-29,31-32,36,38,42,44,56,60H,6-7,12-13,18-19,24,27,30,33-35,37,39-41,43,45-55H2,1-5H3/b10-8-,11-9-,16-14-,17-15-,22-20-,23-21-,26-25-,29-28-,32-31-,38-36-,44-42-. The molecule has 0 aliphatic carbocycles. The Balaban J connectivity index is 4.42. The van der Waals surface area contributed by atoms with E-state index in [1.807, 2.05) is 21.1 Å². The number of allylic oxidation sites excluding steroid dienone is 22. The van der Waals surface area contributed by atoms with E-state index in [4.69, 9.17) is 18.9 Å². The number of likely N-dealkylation sites (N-methyl/N-ethyl adjacent to an activating group) is 1. The molecule has 0 saturated carbocycles. The van der Waals surface area contributed by atoms with Gasteiger partial charge in [-0.3, -0.25) is 9.59 Å². The van der Waals surface area contributed by atoms with Crippen molar-refractivity contribution in [3.63, 3.8) is 0 Å². The topological polar surface area (TPSA) is 111 Å². The maximum atomic E-state index is 12.8. The molecule has 9 nitrogen and oxygen atoms in total. The summed E-state index contributed by atoms with van der Waals surface area (Å²) in [6.07, 6.45) is 67.8. The number of esters is 2. The number of carbonyl (C=O) groups is 3. The Hall–Kier alpha value is -4.57. The minimum Gasteiger partial charge on any atom is -0.545 e. The largest absolute Gasteiger partial charge is 0.545 e. The number of carbonyl (C=O) groups excluding carboxylic acids is 3. The summed E-state index contributed by atoms with van der Waals surface area (Å²) < 4.78 is 22.5. The number of unbranched alkanes of at least 4 members (excludes halogenated alkanes) is 9. The summed E-state index contributed by atoms with van der Waals surface area (Å²) in [5.41, 5.74) is 0.